The average molecular weight is 410 g/mol. The third-order valence-electron chi connectivity index (χ3n) is 5.76. The number of carbonyl (C=O) groups excluding carboxylic acids is 1. The van der Waals surface area contributed by atoms with Crippen molar-refractivity contribution >= 4 is 33.1 Å². The molecule has 1 atom stereocenters. The summed E-state index contributed by atoms with van der Waals surface area (Å²) in [6.07, 6.45) is 3.96. The van der Waals surface area contributed by atoms with E-state index in [2.05, 4.69) is 28.1 Å². The molecule has 2 aliphatic heterocycles. The van der Waals surface area contributed by atoms with E-state index in [1.807, 2.05) is 29.3 Å². The third kappa shape index (κ3) is 3.84. The van der Waals surface area contributed by atoms with Crippen LogP contribution in [0.5, 0.6) is 0 Å². The third-order valence-corrected chi connectivity index (χ3v) is 6.96. The number of thiazole rings is 1. The Bertz CT molecular complexity index is 982. The van der Waals surface area contributed by atoms with Gasteiger partial charge in [0.05, 0.1) is 28.4 Å². The average Bonchev–Trinajstić information content (AvgIpc) is 3.24. The van der Waals surface area contributed by atoms with Crippen LogP contribution in [0.2, 0.25) is 0 Å². The van der Waals surface area contributed by atoms with Crippen LogP contribution in [0.3, 0.4) is 0 Å². The molecule has 5 rings (SSSR count). The Morgan fingerprint density at radius 3 is 2.90 bits per heavy atom. The summed E-state index contributed by atoms with van der Waals surface area (Å²) in [5.74, 6) is 0.387. The molecule has 6 nitrogen and oxygen atoms in total. The molecule has 1 N–H and O–H groups in total. The van der Waals surface area contributed by atoms with Gasteiger partial charge < -0.3 is 14.5 Å². The fraction of sp³-hybridized carbons (Fsp3) is 0.409. The molecule has 2 saturated heterocycles. The number of para-hydroxylation sites is 1. The summed E-state index contributed by atoms with van der Waals surface area (Å²) in [7, 11) is 0. The van der Waals surface area contributed by atoms with Crippen LogP contribution in [0.4, 0.5) is 5.69 Å². The van der Waals surface area contributed by atoms with Crippen LogP contribution in [0, 0.1) is 0 Å². The molecule has 29 heavy (non-hydrogen) atoms. The summed E-state index contributed by atoms with van der Waals surface area (Å²) in [5.41, 5.74) is 2.79. The second-order valence-electron chi connectivity index (χ2n) is 7.67. The van der Waals surface area contributed by atoms with Crippen LogP contribution in [-0.2, 0) is 4.74 Å². The standard InChI is InChI=1S/C22H24N4O2S/c27-22(19-14-17(7-8-23-19)25-10-12-28-13-11-25)26-9-3-4-16(15-26)21-24-18-5-1-2-6-20(18)29-21/h1-2,5-8,14,16H,3-4,9-13,15H2/p+1/t16-/m1/s1. The largest absolute Gasteiger partial charge is 0.378 e. The number of morpholine rings is 1. The lowest BCUT2D eigenvalue weighted by atomic mass is 9.98. The normalized spacial score (nSPS) is 20.2. The topological polar surface area (TPSA) is 59.8 Å². The van der Waals surface area contributed by atoms with E-state index in [9.17, 15) is 4.79 Å². The summed E-state index contributed by atoms with van der Waals surface area (Å²) in [4.78, 5) is 25.5. The highest BCUT2D eigenvalue weighted by Crippen LogP contribution is 2.33. The number of aromatic nitrogens is 2. The van der Waals surface area contributed by atoms with Gasteiger partial charge in [-0.2, -0.15) is 0 Å². The van der Waals surface area contributed by atoms with Crippen LogP contribution in [0.1, 0.15) is 34.3 Å². The maximum absolute atomic E-state index is 13.2. The molecule has 2 aliphatic rings. The predicted molar refractivity (Wildman–Crippen MR) is 114 cm³/mol. The van der Waals surface area contributed by atoms with Crippen LogP contribution in [0.15, 0.2) is 42.6 Å². The lowest BCUT2D eigenvalue weighted by molar-refractivity contribution is -0.382. The molecule has 2 aromatic heterocycles. The molecule has 0 unspecified atom stereocenters. The second kappa shape index (κ2) is 8.08. The SMILES string of the molecule is O=C(c1cc(N2CCOCC2)cc[nH+]1)N1CCC[C@@H](c2nc3ccccc3s2)C1. The van der Waals surface area contributed by atoms with Crippen molar-refractivity contribution in [1.82, 2.24) is 9.88 Å². The molecule has 150 valence electrons. The van der Waals surface area contributed by atoms with Crippen molar-refractivity contribution in [3.8, 4) is 0 Å². The monoisotopic (exact) mass is 409 g/mol. The first-order valence-corrected chi connectivity index (χ1v) is 11.1. The number of ether oxygens (including phenoxy) is 1. The number of rotatable bonds is 3. The van der Waals surface area contributed by atoms with E-state index in [0.717, 1.165) is 68.4 Å². The van der Waals surface area contributed by atoms with Gasteiger partial charge in [-0.15, -0.1) is 11.3 Å². The number of aromatic amines is 1. The number of hydrogen-bond donors (Lipinski definition) is 0. The molecule has 1 aromatic carbocycles. The van der Waals surface area contributed by atoms with Gasteiger partial charge in [0, 0.05) is 49.9 Å². The molecule has 2 fully saturated rings. The van der Waals surface area contributed by atoms with E-state index in [1.54, 1.807) is 11.3 Å². The minimum atomic E-state index is 0.0749. The van der Waals surface area contributed by atoms with Crippen LogP contribution in [0.25, 0.3) is 10.2 Å². The highest BCUT2D eigenvalue weighted by Gasteiger charge is 2.30. The minimum Gasteiger partial charge on any atom is -0.378 e. The highest BCUT2D eigenvalue weighted by atomic mass is 32.1. The number of piperidine rings is 1. The van der Waals surface area contributed by atoms with Crippen LogP contribution < -0.4 is 9.88 Å². The summed E-state index contributed by atoms with van der Waals surface area (Å²) in [6, 6.07) is 12.3. The van der Waals surface area contributed by atoms with E-state index >= 15 is 0 Å². The first-order valence-electron chi connectivity index (χ1n) is 10.3. The van der Waals surface area contributed by atoms with Gasteiger partial charge >= 0.3 is 5.91 Å². The summed E-state index contributed by atoms with van der Waals surface area (Å²) >= 11 is 1.76. The first-order chi connectivity index (χ1) is 14.3. The number of nitrogens with zero attached hydrogens (tertiary/aromatic N) is 3. The van der Waals surface area contributed by atoms with Crippen molar-refractivity contribution in [1.29, 1.82) is 0 Å². The number of pyridine rings is 1. The van der Waals surface area contributed by atoms with E-state index in [1.165, 1.54) is 4.70 Å². The van der Waals surface area contributed by atoms with Gasteiger partial charge in [0.1, 0.15) is 0 Å². The van der Waals surface area contributed by atoms with E-state index in [0.29, 0.717) is 11.6 Å². The maximum Gasteiger partial charge on any atom is 0.318 e. The Morgan fingerprint density at radius 2 is 2.03 bits per heavy atom. The van der Waals surface area contributed by atoms with Gasteiger partial charge in [-0.25, -0.2) is 9.97 Å². The Labute approximate surface area is 174 Å². The van der Waals surface area contributed by atoms with Gasteiger partial charge in [-0.1, -0.05) is 12.1 Å². The molecule has 0 aliphatic carbocycles. The molecule has 4 heterocycles. The lowest BCUT2D eigenvalue weighted by Gasteiger charge is -2.31. The van der Waals surface area contributed by atoms with Gasteiger partial charge in [0.2, 0.25) is 0 Å². The molecule has 3 aromatic rings. The molecular formula is C22H25N4O2S+. The number of hydrogen-bond acceptors (Lipinski definition) is 5. The smallest absolute Gasteiger partial charge is 0.318 e. The quantitative estimate of drug-likeness (QED) is 0.667. The zero-order chi connectivity index (χ0) is 19.6. The molecule has 0 bridgehead atoms. The predicted octanol–water partition coefficient (Wildman–Crippen LogP) is 2.97. The van der Waals surface area contributed by atoms with Crippen LogP contribution in [-0.4, -0.2) is 55.2 Å². The van der Waals surface area contributed by atoms with Gasteiger partial charge in [0.15, 0.2) is 6.20 Å². The Balaban J connectivity index is 1.33. The van der Waals surface area contributed by atoms with Crippen molar-refractivity contribution in [3.05, 3.63) is 53.3 Å². The second-order valence-corrected chi connectivity index (χ2v) is 8.73. The van der Waals surface area contributed by atoms with Gasteiger partial charge in [0.25, 0.3) is 5.69 Å². The molecule has 1 amide bonds. The van der Waals surface area contributed by atoms with E-state index in [4.69, 9.17) is 9.72 Å². The first kappa shape index (κ1) is 18.5. The maximum atomic E-state index is 13.2. The molecular weight excluding hydrogens is 384 g/mol. The summed E-state index contributed by atoms with van der Waals surface area (Å²) in [5, 5.41) is 1.15. The fourth-order valence-corrected chi connectivity index (χ4v) is 5.29. The Hall–Kier alpha value is -2.51. The molecule has 0 spiro atoms. The molecule has 0 saturated carbocycles. The number of anilines is 1. The molecule has 0 radical (unpaired) electrons. The lowest BCUT2D eigenvalue weighted by Crippen LogP contribution is -2.41. The number of amides is 1. The van der Waals surface area contributed by atoms with Crippen molar-refractivity contribution < 1.29 is 14.5 Å². The zero-order valence-electron chi connectivity index (χ0n) is 16.3. The van der Waals surface area contributed by atoms with Crippen molar-refractivity contribution in [3.63, 3.8) is 0 Å². The Morgan fingerprint density at radius 1 is 1.17 bits per heavy atom. The number of nitrogens with one attached hydrogen (secondary N) is 1. The molecule has 7 heteroatoms. The van der Waals surface area contributed by atoms with Crippen molar-refractivity contribution in [2.24, 2.45) is 0 Å². The van der Waals surface area contributed by atoms with Crippen molar-refractivity contribution in [2.45, 2.75) is 18.8 Å². The van der Waals surface area contributed by atoms with Crippen LogP contribution >= 0.6 is 11.3 Å². The number of H-pyrrole nitrogens is 1. The highest BCUT2D eigenvalue weighted by molar-refractivity contribution is 7.18. The van der Waals surface area contributed by atoms with E-state index in [-0.39, 0.29) is 5.91 Å². The minimum absolute atomic E-state index is 0.0749. The summed E-state index contributed by atoms with van der Waals surface area (Å²) in [6.45, 7) is 4.72. The number of carbonyl (C=O) groups is 1. The van der Waals surface area contributed by atoms with E-state index < -0.39 is 0 Å². The number of fused-ring (bicyclic) bond motifs is 1. The fourth-order valence-electron chi connectivity index (χ4n) is 4.19. The number of benzene rings is 1. The Kier molecular flexibility index (Phi) is 5.16. The van der Waals surface area contributed by atoms with Gasteiger partial charge in [-0.05, 0) is 25.0 Å². The number of likely N-dealkylation sites (tertiary alicyclic amines) is 1. The van der Waals surface area contributed by atoms with Crippen molar-refractivity contribution in [2.75, 3.05) is 44.3 Å². The van der Waals surface area contributed by atoms with Gasteiger partial charge in [-0.3, -0.25) is 4.79 Å². The zero-order valence-corrected chi connectivity index (χ0v) is 17.2. The summed E-state index contributed by atoms with van der Waals surface area (Å²) < 4.78 is 6.66.